The average Bonchev–Trinajstić information content (AvgIpc) is 3.23. The predicted octanol–water partition coefficient (Wildman–Crippen LogP) is 4.19. The van der Waals surface area contributed by atoms with E-state index in [-0.39, 0.29) is 29.4 Å². The van der Waals surface area contributed by atoms with Crippen molar-refractivity contribution < 1.29 is 23.9 Å². The number of likely N-dealkylation sites (tertiary alicyclic amines) is 1. The Labute approximate surface area is 230 Å². The van der Waals surface area contributed by atoms with Crippen molar-refractivity contribution in [3.8, 4) is 0 Å². The molecule has 38 heavy (non-hydrogen) atoms. The molecule has 0 N–H and O–H groups in total. The van der Waals surface area contributed by atoms with Gasteiger partial charge in [0.1, 0.15) is 17.0 Å². The number of piperazine rings is 1. The largest absolute Gasteiger partial charge is 0.444 e. The van der Waals surface area contributed by atoms with E-state index in [1.165, 1.54) is 0 Å². The Kier molecular flexibility index (Phi) is 8.34. The molecule has 11 heteroatoms. The second-order valence-corrected chi connectivity index (χ2v) is 13.2. The first kappa shape index (κ1) is 28.3. The van der Waals surface area contributed by atoms with Crippen LogP contribution in [0.1, 0.15) is 54.4 Å². The summed E-state index contributed by atoms with van der Waals surface area (Å²) in [5.41, 5.74) is -0.0483. The van der Waals surface area contributed by atoms with Crippen molar-refractivity contribution >= 4 is 41.4 Å². The van der Waals surface area contributed by atoms with E-state index in [4.69, 9.17) is 9.47 Å². The van der Waals surface area contributed by atoms with E-state index >= 15 is 0 Å². The maximum Gasteiger partial charge on any atom is 0.410 e. The minimum absolute atomic E-state index is 0.0130. The van der Waals surface area contributed by atoms with Gasteiger partial charge in [-0.1, -0.05) is 0 Å². The Hall–Kier alpha value is -2.69. The molecule has 0 radical (unpaired) electrons. The van der Waals surface area contributed by atoms with Crippen LogP contribution >= 0.6 is 11.8 Å². The summed E-state index contributed by atoms with van der Waals surface area (Å²) in [6.07, 6.45) is 2.91. The third-order valence-electron chi connectivity index (χ3n) is 6.77. The maximum absolute atomic E-state index is 12.9. The fraction of sp³-hybridized carbons (Fsp3) is 0.704. The molecule has 3 aliphatic rings. The molecule has 4 rings (SSSR count). The second kappa shape index (κ2) is 11.2. The normalized spacial score (nSPS) is 21.6. The quantitative estimate of drug-likeness (QED) is 0.556. The molecule has 4 heterocycles. The molecule has 0 unspecified atom stereocenters. The number of thioether (sulfide) groups is 1. The van der Waals surface area contributed by atoms with Crippen LogP contribution in [0.5, 0.6) is 0 Å². The Morgan fingerprint density at radius 3 is 1.92 bits per heavy atom. The van der Waals surface area contributed by atoms with Crippen molar-refractivity contribution in [3.63, 3.8) is 0 Å². The highest BCUT2D eigenvalue weighted by molar-refractivity contribution is 8.01. The molecule has 1 aromatic rings. The molecule has 3 fully saturated rings. The number of aromatic nitrogens is 1. The summed E-state index contributed by atoms with van der Waals surface area (Å²) >= 11 is 1.66. The smallest absolute Gasteiger partial charge is 0.410 e. The summed E-state index contributed by atoms with van der Waals surface area (Å²) in [7, 11) is 0. The van der Waals surface area contributed by atoms with E-state index in [2.05, 4.69) is 9.88 Å². The molecule has 0 bridgehead atoms. The number of piperidine rings is 1. The topological polar surface area (TPSA) is 95.5 Å². The van der Waals surface area contributed by atoms with Crippen LogP contribution in [0, 0.1) is 5.92 Å². The lowest BCUT2D eigenvalue weighted by Crippen LogP contribution is -2.50. The summed E-state index contributed by atoms with van der Waals surface area (Å²) in [4.78, 5) is 49.9. The van der Waals surface area contributed by atoms with Gasteiger partial charge in [-0.05, 0) is 72.4 Å². The zero-order chi connectivity index (χ0) is 27.7. The molecule has 0 aliphatic carbocycles. The summed E-state index contributed by atoms with van der Waals surface area (Å²) < 4.78 is 11.0. The van der Waals surface area contributed by atoms with Crippen LogP contribution in [-0.4, -0.2) is 94.5 Å². The maximum atomic E-state index is 12.9. The van der Waals surface area contributed by atoms with Gasteiger partial charge in [0.2, 0.25) is 5.91 Å². The first-order valence-corrected chi connectivity index (χ1v) is 14.5. The minimum Gasteiger partial charge on any atom is -0.444 e. The number of nitrogens with zero attached hydrogens (tertiary/aromatic N) is 5. The third kappa shape index (κ3) is 7.03. The van der Waals surface area contributed by atoms with E-state index in [1.54, 1.807) is 21.6 Å². The SMILES string of the molecule is CC(C)(C)OC(=O)N1CCC([C@H]2SCC(=O)N2c2ccc(N3CCN(C(=O)OC(C)(C)C)CC3)cn2)CC1. The van der Waals surface area contributed by atoms with Gasteiger partial charge in [0.15, 0.2) is 0 Å². The fourth-order valence-electron chi connectivity index (χ4n) is 4.92. The Morgan fingerprint density at radius 1 is 0.868 bits per heavy atom. The first-order chi connectivity index (χ1) is 17.8. The monoisotopic (exact) mass is 547 g/mol. The van der Waals surface area contributed by atoms with Crippen LogP contribution in [-0.2, 0) is 14.3 Å². The fourth-order valence-corrected chi connectivity index (χ4v) is 6.29. The third-order valence-corrected chi connectivity index (χ3v) is 8.12. The van der Waals surface area contributed by atoms with Gasteiger partial charge >= 0.3 is 12.2 Å². The minimum atomic E-state index is -0.512. The Bertz CT molecular complexity index is 1010. The van der Waals surface area contributed by atoms with E-state index in [0.29, 0.717) is 50.8 Å². The van der Waals surface area contributed by atoms with Gasteiger partial charge in [0.25, 0.3) is 0 Å². The second-order valence-electron chi connectivity index (χ2n) is 12.1. The summed E-state index contributed by atoms with van der Waals surface area (Å²) in [6.45, 7) is 15.0. The Balaban J connectivity index is 1.33. The van der Waals surface area contributed by atoms with Crippen molar-refractivity contribution in [2.75, 3.05) is 54.8 Å². The van der Waals surface area contributed by atoms with E-state index in [1.807, 2.05) is 64.8 Å². The van der Waals surface area contributed by atoms with Crippen molar-refractivity contribution in [2.24, 2.45) is 5.92 Å². The molecule has 3 saturated heterocycles. The molecular formula is C27H41N5O5S. The Morgan fingerprint density at radius 2 is 1.42 bits per heavy atom. The number of hydrogen-bond acceptors (Lipinski definition) is 8. The summed E-state index contributed by atoms with van der Waals surface area (Å²) in [5.74, 6) is 1.46. The average molecular weight is 548 g/mol. The van der Waals surface area contributed by atoms with Crippen LogP contribution < -0.4 is 9.80 Å². The lowest BCUT2D eigenvalue weighted by Gasteiger charge is -2.38. The van der Waals surface area contributed by atoms with Crippen molar-refractivity contribution in [1.82, 2.24) is 14.8 Å². The van der Waals surface area contributed by atoms with Crippen LogP contribution in [0.15, 0.2) is 18.3 Å². The molecule has 210 valence electrons. The number of carbonyl (C=O) groups excluding carboxylic acids is 3. The molecule has 0 saturated carbocycles. The molecule has 0 aromatic carbocycles. The molecular weight excluding hydrogens is 506 g/mol. The highest BCUT2D eigenvalue weighted by atomic mass is 32.2. The number of ether oxygens (including phenoxy) is 2. The van der Waals surface area contributed by atoms with Gasteiger partial charge in [-0.15, -0.1) is 11.8 Å². The number of hydrogen-bond donors (Lipinski definition) is 0. The highest BCUT2D eigenvalue weighted by Gasteiger charge is 2.41. The van der Waals surface area contributed by atoms with Crippen LogP contribution in [0.2, 0.25) is 0 Å². The van der Waals surface area contributed by atoms with Gasteiger partial charge in [0, 0.05) is 39.3 Å². The lowest BCUT2D eigenvalue weighted by atomic mass is 9.96. The lowest BCUT2D eigenvalue weighted by molar-refractivity contribution is -0.116. The van der Waals surface area contributed by atoms with Gasteiger partial charge in [-0.3, -0.25) is 9.69 Å². The van der Waals surface area contributed by atoms with E-state index < -0.39 is 11.2 Å². The molecule has 3 amide bonds. The van der Waals surface area contributed by atoms with Crippen molar-refractivity contribution in [1.29, 1.82) is 0 Å². The van der Waals surface area contributed by atoms with Gasteiger partial charge in [-0.2, -0.15) is 0 Å². The molecule has 1 aromatic heterocycles. The number of pyridine rings is 1. The molecule has 0 spiro atoms. The van der Waals surface area contributed by atoms with Crippen LogP contribution in [0.4, 0.5) is 21.1 Å². The van der Waals surface area contributed by atoms with E-state index in [0.717, 1.165) is 18.5 Å². The molecule has 10 nitrogen and oxygen atoms in total. The molecule has 1 atom stereocenters. The highest BCUT2D eigenvalue weighted by Crippen LogP contribution is 2.39. The summed E-state index contributed by atoms with van der Waals surface area (Å²) in [5, 5.41) is 0.0130. The van der Waals surface area contributed by atoms with Gasteiger partial charge in [-0.25, -0.2) is 14.6 Å². The zero-order valence-corrected chi connectivity index (χ0v) is 24.3. The van der Waals surface area contributed by atoms with Crippen LogP contribution in [0.25, 0.3) is 0 Å². The van der Waals surface area contributed by atoms with Crippen molar-refractivity contribution in [2.45, 2.75) is 71.0 Å². The van der Waals surface area contributed by atoms with Gasteiger partial charge in [0.05, 0.1) is 23.0 Å². The zero-order valence-electron chi connectivity index (χ0n) is 23.4. The summed E-state index contributed by atoms with van der Waals surface area (Å²) in [6, 6.07) is 3.92. The van der Waals surface area contributed by atoms with Gasteiger partial charge < -0.3 is 24.2 Å². The first-order valence-electron chi connectivity index (χ1n) is 13.4. The molecule has 3 aliphatic heterocycles. The predicted molar refractivity (Wildman–Crippen MR) is 149 cm³/mol. The number of rotatable bonds is 3. The van der Waals surface area contributed by atoms with E-state index in [9.17, 15) is 14.4 Å². The number of carbonyl (C=O) groups is 3. The van der Waals surface area contributed by atoms with Crippen LogP contribution in [0.3, 0.4) is 0 Å². The number of amides is 3. The number of anilines is 2. The van der Waals surface area contributed by atoms with Crippen molar-refractivity contribution in [3.05, 3.63) is 18.3 Å². The standard InChI is InChI=1S/C27H41N5O5S/c1-26(2,3)36-24(34)30-11-9-19(10-12-30)23-32(22(33)18-38-23)21-8-7-20(17-28-21)29-13-15-31(16-14-29)25(35)37-27(4,5)6/h7-8,17,19,23H,9-16,18H2,1-6H3/t23-/m1/s1.